The van der Waals surface area contributed by atoms with Gasteiger partial charge in [-0.1, -0.05) is 59.6 Å². The molecule has 2 aliphatic heterocycles. The van der Waals surface area contributed by atoms with Crippen LogP contribution in [-0.4, -0.2) is 15.6 Å². The molecule has 0 unspecified atom stereocenters. The van der Waals surface area contributed by atoms with Gasteiger partial charge in [0.05, 0.1) is 16.7 Å². The third-order valence-corrected chi connectivity index (χ3v) is 5.90. The molecule has 5 rings (SSSR count). The smallest absolute Gasteiger partial charge is 0.288 e. The van der Waals surface area contributed by atoms with Crippen LogP contribution in [0.1, 0.15) is 35.4 Å². The first-order valence-electron chi connectivity index (χ1n) is 9.32. The Kier molecular flexibility index (Phi) is 4.60. The first-order chi connectivity index (χ1) is 14.5. The Balaban J connectivity index is 1.60. The van der Waals surface area contributed by atoms with E-state index in [0.29, 0.717) is 17.0 Å². The quantitative estimate of drug-likeness (QED) is 0.362. The normalized spacial score (nSPS) is 19.5. The van der Waals surface area contributed by atoms with E-state index >= 15 is 0 Å². The third-order valence-electron chi connectivity index (χ3n) is 5.33. The van der Waals surface area contributed by atoms with E-state index in [1.165, 1.54) is 12.1 Å². The van der Waals surface area contributed by atoms with Crippen molar-refractivity contribution in [1.29, 1.82) is 0 Å². The summed E-state index contributed by atoms with van der Waals surface area (Å²) in [5, 5.41) is 18.8. The molecule has 2 heterocycles. The molecule has 0 radical (unpaired) electrons. The Morgan fingerprint density at radius 1 is 1.07 bits per heavy atom. The van der Waals surface area contributed by atoms with Gasteiger partial charge in [-0.05, 0) is 29.8 Å². The Morgan fingerprint density at radius 2 is 1.83 bits per heavy atom. The molecule has 0 spiro atoms. The number of nitro benzene ring substituents is 1. The van der Waals surface area contributed by atoms with Crippen LogP contribution in [0.5, 0.6) is 5.75 Å². The highest BCUT2D eigenvalue weighted by atomic mass is 35.5. The number of para-hydroxylation sites is 1. The lowest BCUT2D eigenvalue weighted by atomic mass is 9.96. The molecule has 0 aromatic heterocycles. The molecule has 0 saturated heterocycles. The summed E-state index contributed by atoms with van der Waals surface area (Å²) in [5.41, 5.74) is 3.38. The van der Waals surface area contributed by atoms with Crippen molar-refractivity contribution < 1.29 is 9.66 Å². The second-order valence-corrected chi connectivity index (χ2v) is 7.97. The van der Waals surface area contributed by atoms with Gasteiger partial charge in [0.25, 0.3) is 5.69 Å². The molecular weight excluding hydrogens is 425 g/mol. The van der Waals surface area contributed by atoms with E-state index in [9.17, 15) is 10.1 Å². The molecule has 0 aliphatic carbocycles. The Bertz CT molecular complexity index is 1180. The van der Waals surface area contributed by atoms with Crippen molar-refractivity contribution in [2.75, 3.05) is 0 Å². The number of benzene rings is 3. The number of nitro groups is 1. The van der Waals surface area contributed by atoms with Gasteiger partial charge < -0.3 is 4.74 Å². The van der Waals surface area contributed by atoms with E-state index in [1.807, 2.05) is 53.5 Å². The summed E-state index contributed by atoms with van der Waals surface area (Å²) < 4.78 is 6.24. The average Bonchev–Trinajstić information content (AvgIpc) is 3.19. The van der Waals surface area contributed by atoms with Crippen LogP contribution in [0.3, 0.4) is 0 Å². The van der Waals surface area contributed by atoms with Crippen LogP contribution >= 0.6 is 23.2 Å². The fourth-order valence-electron chi connectivity index (χ4n) is 3.89. The van der Waals surface area contributed by atoms with Crippen molar-refractivity contribution in [1.82, 2.24) is 5.01 Å². The van der Waals surface area contributed by atoms with Crippen molar-refractivity contribution in [2.45, 2.75) is 18.7 Å². The lowest BCUT2D eigenvalue weighted by molar-refractivity contribution is -0.384. The second-order valence-electron chi connectivity index (χ2n) is 7.13. The van der Waals surface area contributed by atoms with Crippen molar-refractivity contribution >= 4 is 34.6 Å². The van der Waals surface area contributed by atoms with Crippen molar-refractivity contribution in [3.63, 3.8) is 0 Å². The Hall–Kier alpha value is -3.09. The van der Waals surface area contributed by atoms with Gasteiger partial charge in [-0.15, -0.1) is 0 Å². The molecular formula is C22H15Cl2N3O3. The van der Waals surface area contributed by atoms with Crippen molar-refractivity contribution in [3.05, 3.63) is 104 Å². The highest BCUT2D eigenvalue weighted by Gasteiger charge is 2.41. The minimum absolute atomic E-state index is 0.0413. The predicted molar refractivity (Wildman–Crippen MR) is 115 cm³/mol. The van der Waals surface area contributed by atoms with Crippen LogP contribution in [0.2, 0.25) is 10.0 Å². The minimum atomic E-state index is -0.606. The summed E-state index contributed by atoms with van der Waals surface area (Å²) in [6, 6.07) is 20.0. The van der Waals surface area contributed by atoms with Gasteiger partial charge in [-0.2, -0.15) is 5.10 Å². The molecule has 0 saturated carbocycles. The highest BCUT2D eigenvalue weighted by Crippen LogP contribution is 2.48. The molecule has 0 bridgehead atoms. The van der Waals surface area contributed by atoms with Gasteiger partial charge in [-0.25, -0.2) is 5.01 Å². The molecule has 0 fully saturated rings. The van der Waals surface area contributed by atoms with E-state index < -0.39 is 11.2 Å². The van der Waals surface area contributed by atoms with E-state index in [2.05, 4.69) is 0 Å². The first-order valence-corrected chi connectivity index (χ1v) is 10.1. The predicted octanol–water partition coefficient (Wildman–Crippen LogP) is 6.14. The molecule has 6 nitrogen and oxygen atoms in total. The van der Waals surface area contributed by atoms with Gasteiger partial charge in [-0.3, -0.25) is 10.1 Å². The molecule has 0 amide bonds. The van der Waals surface area contributed by atoms with E-state index in [0.717, 1.165) is 22.6 Å². The zero-order valence-electron chi connectivity index (χ0n) is 15.5. The molecule has 150 valence electrons. The Morgan fingerprint density at radius 3 is 2.60 bits per heavy atom. The standard InChI is InChI=1S/C22H15Cl2N3O3/c23-15-8-5-13(6-9-15)18-12-19-16-3-1-2-4-21(16)30-22(26(19)25-18)14-7-10-17(24)20(11-14)27(28)29/h1-11,19,22H,12H2/t19-,22-/m1/s1. The van der Waals surface area contributed by atoms with Crippen LogP contribution in [0.15, 0.2) is 71.8 Å². The van der Waals surface area contributed by atoms with Crippen LogP contribution in [0, 0.1) is 10.1 Å². The third kappa shape index (κ3) is 3.18. The first kappa shape index (κ1) is 18.9. The second kappa shape index (κ2) is 7.31. The topological polar surface area (TPSA) is 68.0 Å². The van der Waals surface area contributed by atoms with Gasteiger partial charge in [0.1, 0.15) is 10.8 Å². The van der Waals surface area contributed by atoms with Crippen LogP contribution in [0.25, 0.3) is 0 Å². The number of hydrogen-bond donors (Lipinski definition) is 0. The van der Waals surface area contributed by atoms with Crippen LogP contribution in [-0.2, 0) is 0 Å². The van der Waals surface area contributed by atoms with Crippen molar-refractivity contribution in [3.8, 4) is 5.75 Å². The largest absolute Gasteiger partial charge is 0.464 e. The summed E-state index contributed by atoms with van der Waals surface area (Å²) >= 11 is 12.0. The molecule has 2 atom stereocenters. The number of ether oxygens (including phenoxy) is 1. The lowest BCUT2D eigenvalue weighted by Gasteiger charge is -2.38. The van der Waals surface area contributed by atoms with Gasteiger partial charge in [0.2, 0.25) is 6.23 Å². The zero-order valence-corrected chi connectivity index (χ0v) is 17.0. The fraction of sp³-hybridized carbons (Fsp3) is 0.136. The maximum atomic E-state index is 11.4. The molecule has 8 heteroatoms. The summed E-state index contributed by atoms with van der Waals surface area (Å²) in [5.74, 6) is 0.744. The van der Waals surface area contributed by atoms with Gasteiger partial charge >= 0.3 is 0 Å². The minimum Gasteiger partial charge on any atom is -0.464 e. The molecule has 30 heavy (non-hydrogen) atoms. The fourth-order valence-corrected chi connectivity index (χ4v) is 4.21. The van der Waals surface area contributed by atoms with Crippen molar-refractivity contribution in [2.24, 2.45) is 5.10 Å². The number of rotatable bonds is 3. The van der Waals surface area contributed by atoms with E-state index in [-0.39, 0.29) is 16.8 Å². The van der Waals surface area contributed by atoms with Gasteiger partial charge in [0.15, 0.2) is 0 Å². The summed E-state index contributed by atoms with van der Waals surface area (Å²) in [7, 11) is 0. The number of fused-ring (bicyclic) bond motifs is 3. The number of hydrazone groups is 1. The maximum absolute atomic E-state index is 11.4. The van der Waals surface area contributed by atoms with Crippen LogP contribution < -0.4 is 4.74 Å². The lowest BCUT2D eigenvalue weighted by Crippen LogP contribution is -2.33. The maximum Gasteiger partial charge on any atom is 0.288 e. The summed E-state index contributed by atoms with van der Waals surface area (Å²) in [6.45, 7) is 0. The average molecular weight is 440 g/mol. The summed E-state index contributed by atoms with van der Waals surface area (Å²) in [6.07, 6.45) is 0.0828. The van der Waals surface area contributed by atoms with Crippen LogP contribution in [0.4, 0.5) is 5.69 Å². The number of halogens is 2. The SMILES string of the molecule is O=[N+]([O-])c1cc([C@H]2Oc3ccccc3[C@H]3CC(c4ccc(Cl)cc4)=NN32)ccc1Cl. The zero-order chi connectivity index (χ0) is 20.8. The molecule has 3 aromatic rings. The van der Waals surface area contributed by atoms with E-state index in [1.54, 1.807) is 6.07 Å². The molecule has 3 aromatic carbocycles. The number of nitrogens with zero attached hydrogens (tertiary/aromatic N) is 3. The van der Waals surface area contributed by atoms with Gasteiger partial charge in [0, 0.05) is 28.6 Å². The number of hydrogen-bond acceptors (Lipinski definition) is 5. The summed E-state index contributed by atoms with van der Waals surface area (Å²) in [4.78, 5) is 10.9. The molecule has 2 aliphatic rings. The highest BCUT2D eigenvalue weighted by molar-refractivity contribution is 6.32. The van der Waals surface area contributed by atoms with E-state index in [4.69, 9.17) is 33.0 Å². The molecule has 0 N–H and O–H groups in total. The Labute approximate surface area is 182 Å². The monoisotopic (exact) mass is 439 g/mol.